The lowest BCUT2D eigenvalue weighted by Crippen LogP contribution is -2.43. The van der Waals surface area contributed by atoms with Crippen LogP contribution >= 0.6 is 0 Å². The molecule has 1 aliphatic heterocycles. The standard InChI is InChI=1S/C12H21NO/c1-6-12(9-14-7-1,10-2-3-10)8-13-11-4-5-11/h10-11,13H,1-9H2. The maximum absolute atomic E-state index is 5.70. The van der Waals surface area contributed by atoms with Gasteiger partial charge in [-0.3, -0.25) is 0 Å². The first-order valence-electron chi connectivity index (χ1n) is 6.20. The molecule has 0 spiro atoms. The summed E-state index contributed by atoms with van der Waals surface area (Å²) in [6, 6.07) is 0.854. The van der Waals surface area contributed by atoms with Crippen LogP contribution < -0.4 is 5.32 Å². The van der Waals surface area contributed by atoms with Crippen LogP contribution in [0.25, 0.3) is 0 Å². The van der Waals surface area contributed by atoms with Crippen LogP contribution in [-0.2, 0) is 4.74 Å². The van der Waals surface area contributed by atoms with Crippen molar-refractivity contribution in [1.29, 1.82) is 0 Å². The largest absolute Gasteiger partial charge is 0.381 e. The molecule has 0 aromatic heterocycles. The van der Waals surface area contributed by atoms with Gasteiger partial charge in [0.15, 0.2) is 0 Å². The van der Waals surface area contributed by atoms with Crippen LogP contribution in [0.1, 0.15) is 38.5 Å². The third kappa shape index (κ3) is 1.82. The molecule has 0 amide bonds. The number of hydrogen-bond donors (Lipinski definition) is 1. The zero-order valence-electron chi connectivity index (χ0n) is 8.93. The molecule has 2 heteroatoms. The van der Waals surface area contributed by atoms with Gasteiger partial charge in [-0.1, -0.05) is 0 Å². The lowest BCUT2D eigenvalue weighted by molar-refractivity contribution is -0.0203. The van der Waals surface area contributed by atoms with E-state index >= 15 is 0 Å². The van der Waals surface area contributed by atoms with Gasteiger partial charge in [0, 0.05) is 24.6 Å². The fraction of sp³-hybridized carbons (Fsp3) is 1.00. The Bertz CT molecular complexity index is 202. The number of hydrogen-bond acceptors (Lipinski definition) is 2. The normalized spacial score (nSPS) is 38.6. The summed E-state index contributed by atoms with van der Waals surface area (Å²) in [5, 5.41) is 3.71. The molecule has 2 aliphatic carbocycles. The summed E-state index contributed by atoms with van der Waals surface area (Å²) in [6.07, 6.45) is 8.40. The molecule has 80 valence electrons. The number of rotatable bonds is 4. The Morgan fingerprint density at radius 1 is 1.21 bits per heavy atom. The van der Waals surface area contributed by atoms with Crippen molar-refractivity contribution in [1.82, 2.24) is 5.32 Å². The van der Waals surface area contributed by atoms with Crippen LogP contribution in [0.4, 0.5) is 0 Å². The first kappa shape index (κ1) is 9.17. The monoisotopic (exact) mass is 195 g/mol. The second kappa shape index (κ2) is 3.49. The zero-order chi connectivity index (χ0) is 9.43. The van der Waals surface area contributed by atoms with Gasteiger partial charge in [-0.15, -0.1) is 0 Å². The summed E-state index contributed by atoms with van der Waals surface area (Å²) in [7, 11) is 0. The third-order valence-electron chi connectivity index (χ3n) is 4.12. The van der Waals surface area contributed by atoms with Crippen LogP contribution in [0.2, 0.25) is 0 Å². The second-order valence-electron chi connectivity index (χ2n) is 5.45. The smallest absolute Gasteiger partial charge is 0.0537 e. The molecule has 1 heterocycles. The van der Waals surface area contributed by atoms with Crippen molar-refractivity contribution in [3.05, 3.63) is 0 Å². The van der Waals surface area contributed by atoms with E-state index in [2.05, 4.69) is 5.32 Å². The predicted octanol–water partition coefficient (Wildman–Crippen LogP) is 1.95. The van der Waals surface area contributed by atoms with Gasteiger partial charge < -0.3 is 10.1 Å². The van der Waals surface area contributed by atoms with E-state index in [1.165, 1.54) is 45.1 Å². The Morgan fingerprint density at radius 3 is 2.64 bits per heavy atom. The van der Waals surface area contributed by atoms with Gasteiger partial charge in [-0.05, 0) is 44.4 Å². The van der Waals surface area contributed by atoms with Crippen LogP contribution in [-0.4, -0.2) is 25.8 Å². The van der Waals surface area contributed by atoms with Crippen molar-refractivity contribution >= 4 is 0 Å². The summed E-state index contributed by atoms with van der Waals surface area (Å²) >= 11 is 0. The van der Waals surface area contributed by atoms with Crippen LogP contribution in [0.15, 0.2) is 0 Å². The summed E-state index contributed by atoms with van der Waals surface area (Å²) < 4.78 is 5.70. The summed E-state index contributed by atoms with van der Waals surface area (Å²) in [5.41, 5.74) is 0.529. The molecule has 1 atom stereocenters. The highest BCUT2D eigenvalue weighted by Crippen LogP contribution is 2.49. The van der Waals surface area contributed by atoms with E-state index in [0.29, 0.717) is 5.41 Å². The molecule has 0 aromatic carbocycles. The highest BCUT2D eigenvalue weighted by atomic mass is 16.5. The molecule has 1 N–H and O–H groups in total. The second-order valence-corrected chi connectivity index (χ2v) is 5.45. The van der Waals surface area contributed by atoms with Gasteiger partial charge in [-0.2, -0.15) is 0 Å². The zero-order valence-corrected chi connectivity index (χ0v) is 8.93. The van der Waals surface area contributed by atoms with E-state index in [1.54, 1.807) is 0 Å². The predicted molar refractivity (Wildman–Crippen MR) is 56.2 cm³/mol. The summed E-state index contributed by atoms with van der Waals surface area (Å²) in [6.45, 7) is 3.25. The Hall–Kier alpha value is -0.0800. The minimum Gasteiger partial charge on any atom is -0.381 e. The van der Waals surface area contributed by atoms with Gasteiger partial charge in [0.25, 0.3) is 0 Å². The molecule has 14 heavy (non-hydrogen) atoms. The Labute approximate surface area is 86.4 Å². The molecule has 1 unspecified atom stereocenters. The third-order valence-corrected chi connectivity index (χ3v) is 4.12. The molecule has 0 radical (unpaired) electrons. The molecular weight excluding hydrogens is 174 g/mol. The first-order chi connectivity index (χ1) is 6.89. The van der Waals surface area contributed by atoms with E-state index in [9.17, 15) is 0 Å². The Morgan fingerprint density at radius 2 is 2.07 bits per heavy atom. The molecule has 3 aliphatic rings. The summed E-state index contributed by atoms with van der Waals surface area (Å²) in [5.74, 6) is 0.981. The van der Waals surface area contributed by atoms with Crippen molar-refractivity contribution in [3.63, 3.8) is 0 Å². The fourth-order valence-electron chi connectivity index (χ4n) is 2.81. The molecular formula is C12H21NO. The minimum absolute atomic E-state index is 0.529. The quantitative estimate of drug-likeness (QED) is 0.740. The molecule has 2 saturated carbocycles. The number of nitrogens with one attached hydrogen (secondary N) is 1. The Kier molecular flexibility index (Phi) is 2.29. The molecule has 1 saturated heterocycles. The lowest BCUT2D eigenvalue weighted by Gasteiger charge is -2.37. The molecule has 3 fully saturated rings. The highest BCUT2D eigenvalue weighted by molar-refractivity contribution is 4.98. The van der Waals surface area contributed by atoms with Crippen molar-refractivity contribution in [2.45, 2.75) is 44.6 Å². The van der Waals surface area contributed by atoms with E-state index in [1.807, 2.05) is 0 Å². The van der Waals surface area contributed by atoms with Crippen molar-refractivity contribution < 1.29 is 4.74 Å². The van der Waals surface area contributed by atoms with Crippen molar-refractivity contribution in [2.75, 3.05) is 19.8 Å². The fourth-order valence-corrected chi connectivity index (χ4v) is 2.81. The summed E-state index contributed by atoms with van der Waals surface area (Å²) in [4.78, 5) is 0. The van der Waals surface area contributed by atoms with Crippen LogP contribution in [0.5, 0.6) is 0 Å². The van der Waals surface area contributed by atoms with Crippen LogP contribution in [0.3, 0.4) is 0 Å². The molecule has 3 rings (SSSR count). The molecule has 0 bridgehead atoms. The van der Waals surface area contributed by atoms with E-state index in [4.69, 9.17) is 4.74 Å². The van der Waals surface area contributed by atoms with Gasteiger partial charge >= 0.3 is 0 Å². The van der Waals surface area contributed by atoms with Gasteiger partial charge in [0.2, 0.25) is 0 Å². The van der Waals surface area contributed by atoms with Crippen molar-refractivity contribution in [3.8, 4) is 0 Å². The average Bonchev–Trinajstić information content (AvgIpc) is 3.06. The Balaban J connectivity index is 1.60. The van der Waals surface area contributed by atoms with E-state index < -0.39 is 0 Å². The lowest BCUT2D eigenvalue weighted by atomic mass is 9.77. The van der Waals surface area contributed by atoms with Gasteiger partial charge in [0.1, 0.15) is 0 Å². The first-order valence-corrected chi connectivity index (χ1v) is 6.20. The molecule has 0 aromatic rings. The van der Waals surface area contributed by atoms with Crippen molar-refractivity contribution in [2.24, 2.45) is 11.3 Å². The maximum atomic E-state index is 5.70. The van der Waals surface area contributed by atoms with Crippen LogP contribution in [0, 0.1) is 11.3 Å². The van der Waals surface area contributed by atoms with Gasteiger partial charge in [-0.25, -0.2) is 0 Å². The van der Waals surface area contributed by atoms with E-state index in [0.717, 1.165) is 25.2 Å². The topological polar surface area (TPSA) is 21.3 Å². The highest BCUT2D eigenvalue weighted by Gasteiger charge is 2.46. The average molecular weight is 195 g/mol. The van der Waals surface area contributed by atoms with E-state index in [-0.39, 0.29) is 0 Å². The van der Waals surface area contributed by atoms with Gasteiger partial charge in [0.05, 0.1) is 6.61 Å². The molecule has 2 nitrogen and oxygen atoms in total. The number of ether oxygens (including phenoxy) is 1. The maximum Gasteiger partial charge on any atom is 0.0537 e. The SMILES string of the molecule is C1COCC(CNC2CC2)(C2CC2)C1. The minimum atomic E-state index is 0.529.